The fraction of sp³-hybridized carbons (Fsp3) is 0.333. The van der Waals surface area contributed by atoms with Crippen LogP contribution in [0.1, 0.15) is 25.8 Å². The maximum absolute atomic E-state index is 12.3. The monoisotopic (exact) mass is 478 g/mol. The summed E-state index contributed by atoms with van der Waals surface area (Å²) in [5.74, 6) is 0.409. The molecule has 1 amide bonds. The predicted octanol–water partition coefficient (Wildman–Crippen LogP) is 2.70. The fourth-order valence-corrected chi connectivity index (χ4v) is 3.56. The van der Waals surface area contributed by atoms with Crippen molar-refractivity contribution in [2.45, 2.75) is 20.3 Å². The van der Waals surface area contributed by atoms with Gasteiger partial charge in [0.15, 0.2) is 11.5 Å². The SMILES string of the molecule is CCCOc1ccc(/C=N\NC(=O)CN(c2cccc([N+](=O)[O-])c2)S(C)(=O)=O)cc1OCC. The smallest absolute Gasteiger partial charge is 0.271 e. The van der Waals surface area contributed by atoms with E-state index >= 15 is 0 Å². The molecule has 0 aromatic heterocycles. The summed E-state index contributed by atoms with van der Waals surface area (Å²) in [4.78, 5) is 22.6. The molecule has 0 saturated heterocycles. The lowest BCUT2D eigenvalue weighted by Crippen LogP contribution is -2.39. The third kappa shape index (κ3) is 7.75. The molecule has 33 heavy (non-hydrogen) atoms. The number of hydrazone groups is 1. The van der Waals surface area contributed by atoms with Crippen molar-refractivity contribution in [2.75, 3.05) is 30.3 Å². The number of hydrogen-bond acceptors (Lipinski definition) is 8. The quantitative estimate of drug-likeness (QED) is 0.281. The van der Waals surface area contributed by atoms with Crippen molar-refractivity contribution < 1.29 is 27.6 Å². The summed E-state index contributed by atoms with van der Waals surface area (Å²) in [5.41, 5.74) is 2.59. The van der Waals surface area contributed by atoms with Crippen molar-refractivity contribution >= 4 is 33.5 Å². The van der Waals surface area contributed by atoms with E-state index in [1.54, 1.807) is 18.2 Å². The number of sulfonamides is 1. The van der Waals surface area contributed by atoms with Crippen molar-refractivity contribution in [1.29, 1.82) is 0 Å². The maximum Gasteiger partial charge on any atom is 0.271 e. The average molecular weight is 479 g/mol. The minimum atomic E-state index is -3.89. The Hall–Kier alpha value is -3.67. The molecular weight excluding hydrogens is 452 g/mol. The number of nitro groups is 1. The number of nitrogens with one attached hydrogen (secondary N) is 1. The molecule has 0 aliphatic rings. The van der Waals surface area contributed by atoms with Gasteiger partial charge in [-0.15, -0.1) is 0 Å². The van der Waals surface area contributed by atoms with Crippen LogP contribution in [0.25, 0.3) is 0 Å². The van der Waals surface area contributed by atoms with Crippen LogP contribution in [-0.4, -0.2) is 51.5 Å². The molecule has 178 valence electrons. The summed E-state index contributed by atoms with van der Waals surface area (Å²) >= 11 is 0. The van der Waals surface area contributed by atoms with Crippen LogP contribution in [0, 0.1) is 10.1 Å². The summed E-state index contributed by atoms with van der Waals surface area (Å²) < 4.78 is 36.3. The van der Waals surface area contributed by atoms with Crippen LogP contribution < -0.4 is 19.2 Å². The van der Waals surface area contributed by atoms with Crippen molar-refractivity contribution in [3.8, 4) is 11.5 Å². The summed E-state index contributed by atoms with van der Waals surface area (Å²) in [6, 6.07) is 10.2. The number of carbonyl (C=O) groups excluding carboxylic acids is 1. The highest BCUT2D eigenvalue weighted by Crippen LogP contribution is 2.28. The minimum Gasteiger partial charge on any atom is -0.490 e. The van der Waals surface area contributed by atoms with Gasteiger partial charge in [0.25, 0.3) is 11.6 Å². The lowest BCUT2D eigenvalue weighted by molar-refractivity contribution is -0.384. The molecule has 0 aliphatic carbocycles. The van der Waals surface area contributed by atoms with E-state index in [4.69, 9.17) is 9.47 Å². The number of benzene rings is 2. The van der Waals surface area contributed by atoms with Gasteiger partial charge in [0.05, 0.1) is 36.3 Å². The number of amides is 1. The van der Waals surface area contributed by atoms with E-state index in [9.17, 15) is 23.3 Å². The van der Waals surface area contributed by atoms with E-state index in [1.165, 1.54) is 24.4 Å². The molecule has 0 fully saturated rings. The van der Waals surface area contributed by atoms with Crippen LogP contribution in [0.4, 0.5) is 11.4 Å². The molecule has 0 unspecified atom stereocenters. The first-order chi connectivity index (χ1) is 15.7. The van der Waals surface area contributed by atoms with Gasteiger partial charge in [-0.05, 0) is 43.2 Å². The summed E-state index contributed by atoms with van der Waals surface area (Å²) in [6.45, 7) is 4.22. The number of rotatable bonds is 12. The van der Waals surface area contributed by atoms with Crippen molar-refractivity contribution in [3.05, 3.63) is 58.1 Å². The Bertz CT molecular complexity index is 1120. The first-order valence-corrected chi connectivity index (χ1v) is 11.9. The molecule has 2 rings (SSSR count). The van der Waals surface area contributed by atoms with Gasteiger partial charge in [0.1, 0.15) is 6.54 Å². The van der Waals surface area contributed by atoms with Gasteiger partial charge in [-0.2, -0.15) is 5.10 Å². The number of ether oxygens (including phenoxy) is 2. The van der Waals surface area contributed by atoms with Gasteiger partial charge in [-0.1, -0.05) is 13.0 Å². The second kappa shape index (κ2) is 11.8. The van der Waals surface area contributed by atoms with Crippen LogP contribution in [-0.2, 0) is 14.8 Å². The van der Waals surface area contributed by atoms with Crippen molar-refractivity contribution in [3.63, 3.8) is 0 Å². The van der Waals surface area contributed by atoms with E-state index in [0.717, 1.165) is 23.0 Å². The molecule has 0 atom stereocenters. The number of nitro benzene ring substituents is 1. The zero-order valence-electron chi connectivity index (χ0n) is 18.6. The highest BCUT2D eigenvalue weighted by Gasteiger charge is 2.22. The molecule has 0 radical (unpaired) electrons. The van der Waals surface area contributed by atoms with Gasteiger partial charge < -0.3 is 9.47 Å². The highest BCUT2D eigenvalue weighted by molar-refractivity contribution is 7.92. The molecule has 11 nitrogen and oxygen atoms in total. The minimum absolute atomic E-state index is 0.00476. The number of non-ortho nitro benzene ring substituents is 1. The van der Waals surface area contributed by atoms with Crippen LogP contribution >= 0.6 is 0 Å². The van der Waals surface area contributed by atoms with Gasteiger partial charge in [-0.3, -0.25) is 19.2 Å². The van der Waals surface area contributed by atoms with Crippen LogP contribution in [0.3, 0.4) is 0 Å². The Morgan fingerprint density at radius 1 is 1.18 bits per heavy atom. The lowest BCUT2D eigenvalue weighted by atomic mass is 10.2. The molecule has 0 bridgehead atoms. The standard InChI is InChI=1S/C21H26N4O7S/c1-4-11-32-19-10-9-16(12-20(19)31-5-2)14-22-23-21(26)15-24(33(3,29)30)17-7-6-8-18(13-17)25(27)28/h6-10,12-14H,4-5,11,15H2,1-3H3,(H,23,26)/b22-14-. The Morgan fingerprint density at radius 3 is 2.58 bits per heavy atom. The highest BCUT2D eigenvalue weighted by atomic mass is 32.2. The second-order valence-corrected chi connectivity index (χ2v) is 8.73. The topological polar surface area (TPSA) is 140 Å². The zero-order valence-corrected chi connectivity index (χ0v) is 19.4. The first-order valence-electron chi connectivity index (χ1n) is 10.1. The molecule has 0 heterocycles. The Balaban J connectivity index is 2.11. The van der Waals surface area contributed by atoms with Crippen LogP contribution in [0.2, 0.25) is 0 Å². The Morgan fingerprint density at radius 2 is 1.94 bits per heavy atom. The lowest BCUT2D eigenvalue weighted by Gasteiger charge is -2.21. The number of nitrogens with zero attached hydrogens (tertiary/aromatic N) is 3. The maximum atomic E-state index is 12.3. The largest absolute Gasteiger partial charge is 0.490 e. The predicted molar refractivity (Wildman–Crippen MR) is 124 cm³/mol. The summed E-state index contributed by atoms with van der Waals surface area (Å²) in [7, 11) is -3.89. The van der Waals surface area contributed by atoms with E-state index in [-0.39, 0.29) is 11.4 Å². The fourth-order valence-electron chi connectivity index (χ4n) is 2.71. The van der Waals surface area contributed by atoms with Crippen LogP contribution in [0.15, 0.2) is 47.6 Å². The van der Waals surface area contributed by atoms with Crippen LogP contribution in [0.5, 0.6) is 11.5 Å². The zero-order chi connectivity index (χ0) is 24.4. The average Bonchev–Trinajstić information content (AvgIpc) is 2.76. The Kier molecular flexibility index (Phi) is 9.16. The molecule has 2 aromatic rings. The number of carbonyl (C=O) groups is 1. The van der Waals surface area contributed by atoms with E-state index in [0.29, 0.717) is 30.3 Å². The molecule has 0 aliphatic heterocycles. The number of hydrogen-bond donors (Lipinski definition) is 1. The van der Waals surface area contributed by atoms with Crippen molar-refractivity contribution in [1.82, 2.24) is 5.43 Å². The van der Waals surface area contributed by atoms with Crippen molar-refractivity contribution in [2.24, 2.45) is 5.10 Å². The molecule has 0 spiro atoms. The molecule has 1 N–H and O–H groups in total. The van der Waals surface area contributed by atoms with Gasteiger partial charge in [0, 0.05) is 12.1 Å². The summed E-state index contributed by atoms with van der Waals surface area (Å²) in [5, 5.41) is 14.8. The third-order valence-corrected chi connectivity index (χ3v) is 5.29. The van der Waals surface area contributed by atoms with Gasteiger partial charge >= 0.3 is 0 Å². The number of anilines is 1. The molecular formula is C21H26N4O7S. The summed E-state index contributed by atoms with van der Waals surface area (Å²) in [6.07, 6.45) is 3.13. The normalized spacial score (nSPS) is 11.2. The van der Waals surface area contributed by atoms with E-state index < -0.39 is 27.4 Å². The van der Waals surface area contributed by atoms with E-state index in [2.05, 4.69) is 10.5 Å². The van der Waals surface area contributed by atoms with Gasteiger partial charge in [-0.25, -0.2) is 13.8 Å². The van der Waals surface area contributed by atoms with E-state index in [1.807, 2.05) is 13.8 Å². The third-order valence-electron chi connectivity index (χ3n) is 4.15. The Labute approximate surface area is 192 Å². The second-order valence-electron chi connectivity index (χ2n) is 6.83. The molecule has 2 aromatic carbocycles. The molecule has 0 saturated carbocycles. The van der Waals surface area contributed by atoms with Gasteiger partial charge in [0.2, 0.25) is 10.0 Å². The molecule has 12 heteroatoms. The first kappa shape index (κ1) is 25.6.